The Bertz CT molecular complexity index is 1380. The third-order valence-electron chi connectivity index (χ3n) is 6.12. The zero-order valence-electron chi connectivity index (χ0n) is 18.5. The minimum Gasteiger partial charge on any atom is -0.494 e. The second-order valence-corrected chi connectivity index (χ2v) is 8.91. The van der Waals surface area contributed by atoms with Gasteiger partial charge in [0.1, 0.15) is 28.8 Å². The Kier molecular flexibility index (Phi) is 5.21. The number of hydrogen-bond acceptors (Lipinski definition) is 6. The molecule has 1 fully saturated rings. The van der Waals surface area contributed by atoms with Gasteiger partial charge >= 0.3 is 6.18 Å². The maximum Gasteiger partial charge on any atom is 0.408 e. The molecule has 1 saturated heterocycles. The Balaban J connectivity index is 1.62. The molecule has 1 aliphatic rings. The summed E-state index contributed by atoms with van der Waals surface area (Å²) >= 11 is 0. The summed E-state index contributed by atoms with van der Waals surface area (Å²) in [5, 5.41) is 8.75. The highest BCUT2D eigenvalue weighted by molar-refractivity contribution is 5.86. The summed E-state index contributed by atoms with van der Waals surface area (Å²) < 4.78 is 63.1. The van der Waals surface area contributed by atoms with Crippen LogP contribution >= 0.6 is 0 Å². The lowest BCUT2D eigenvalue weighted by Crippen LogP contribution is -2.43. The number of hydrogen-bond donors (Lipinski definition) is 1. The van der Waals surface area contributed by atoms with Crippen LogP contribution in [0.2, 0.25) is 0 Å². The summed E-state index contributed by atoms with van der Waals surface area (Å²) in [6.45, 7) is 2.13. The first-order valence-electron chi connectivity index (χ1n) is 10.6. The Morgan fingerprint density at radius 1 is 1.15 bits per heavy atom. The fraction of sp³-hybridized carbons (Fsp3) is 0.348. The quantitative estimate of drug-likeness (QED) is 0.448. The summed E-state index contributed by atoms with van der Waals surface area (Å²) in [6.07, 6.45) is -2.63. The minimum absolute atomic E-state index is 0.0548. The number of halogens is 4. The van der Waals surface area contributed by atoms with Crippen LogP contribution in [0.1, 0.15) is 24.9 Å². The van der Waals surface area contributed by atoms with Gasteiger partial charge in [-0.1, -0.05) is 12.1 Å². The molecule has 0 bridgehead atoms. The van der Waals surface area contributed by atoms with Gasteiger partial charge in [0, 0.05) is 36.3 Å². The number of methoxy groups -OCH3 is 1. The number of nitrogens with zero attached hydrogens (tertiary/aromatic N) is 5. The molecule has 1 aliphatic heterocycles. The van der Waals surface area contributed by atoms with E-state index in [-0.39, 0.29) is 30.2 Å². The number of fused-ring (bicyclic) bond motifs is 2. The van der Waals surface area contributed by atoms with Gasteiger partial charge < -0.3 is 10.5 Å². The van der Waals surface area contributed by atoms with Crippen LogP contribution in [0.5, 0.6) is 5.75 Å². The highest BCUT2D eigenvalue weighted by Crippen LogP contribution is 2.41. The van der Waals surface area contributed by atoms with Gasteiger partial charge in [-0.2, -0.15) is 13.2 Å². The molecule has 0 aliphatic carbocycles. The highest BCUT2D eigenvalue weighted by Gasteiger charge is 2.48. The summed E-state index contributed by atoms with van der Waals surface area (Å²) in [4.78, 5) is 5.90. The second-order valence-electron chi connectivity index (χ2n) is 8.91. The van der Waals surface area contributed by atoms with Gasteiger partial charge in [0.2, 0.25) is 0 Å². The number of likely N-dealkylation sites (tertiary alicyclic amines) is 1. The smallest absolute Gasteiger partial charge is 0.408 e. The molecule has 7 nitrogen and oxygen atoms in total. The van der Waals surface area contributed by atoms with Crippen LogP contribution in [0.4, 0.5) is 17.6 Å². The largest absolute Gasteiger partial charge is 0.494 e. The number of ether oxygens (including phenoxy) is 1. The lowest BCUT2D eigenvalue weighted by atomic mass is 10.0. The van der Waals surface area contributed by atoms with Crippen LogP contribution in [-0.4, -0.2) is 56.4 Å². The van der Waals surface area contributed by atoms with E-state index in [1.807, 2.05) is 0 Å². The molecular formula is C23H22F4N6O. The van der Waals surface area contributed by atoms with Gasteiger partial charge in [-0.15, -0.1) is 10.2 Å². The number of benzene rings is 1. The maximum absolute atomic E-state index is 14.2. The molecule has 0 saturated carbocycles. The van der Waals surface area contributed by atoms with E-state index in [2.05, 4.69) is 15.2 Å². The van der Waals surface area contributed by atoms with Gasteiger partial charge in [-0.25, -0.2) is 9.37 Å². The molecule has 1 aromatic carbocycles. The van der Waals surface area contributed by atoms with Gasteiger partial charge in [-0.05, 0) is 37.1 Å². The summed E-state index contributed by atoms with van der Waals surface area (Å²) in [6, 6.07) is 6.91. The van der Waals surface area contributed by atoms with Gasteiger partial charge in [0.25, 0.3) is 0 Å². The molecule has 0 radical (unpaired) electrons. The lowest BCUT2D eigenvalue weighted by molar-refractivity contribution is -0.184. The zero-order valence-corrected chi connectivity index (χ0v) is 18.5. The molecule has 0 amide bonds. The fourth-order valence-electron chi connectivity index (χ4n) is 4.54. The van der Waals surface area contributed by atoms with E-state index in [0.29, 0.717) is 28.7 Å². The molecule has 4 aromatic rings. The Morgan fingerprint density at radius 3 is 2.62 bits per heavy atom. The standard InChI is InChI=1S/C23H22F4N6O/c1-22(28)7-8-32(12-22)20(23(25,26)27)14-4-6-18-30-31-21(33(18)11-14)16-5-3-13-9-15(24)10-17(34-2)19(13)29-16/h3-6,9-11,20H,7-8,12,28H2,1-2H3/t20-,22?/m1/s1. The molecular weight excluding hydrogens is 452 g/mol. The van der Waals surface area contributed by atoms with E-state index in [1.165, 1.54) is 46.9 Å². The first-order valence-corrected chi connectivity index (χ1v) is 10.6. The maximum atomic E-state index is 14.2. The van der Waals surface area contributed by atoms with Crippen LogP contribution in [-0.2, 0) is 0 Å². The van der Waals surface area contributed by atoms with E-state index >= 15 is 0 Å². The van der Waals surface area contributed by atoms with Crippen molar-refractivity contribution in [1.82, 2.24) is 24.5 Å². The fourth-order valence-corrected chi connectivity index (χ4v) is 4.54. The highest BCUT2D eigenvalue weighted by atomic mass is 19.4. The van der Waals surface area contributed by atoms with Gasteiger partial charge in [0.05, 0.1) is 7.11 Å². The van der Waals surface area contributed by atoms with Crippen molar-refractivity contribution in [2.45, 2.75) is 31.1 Å². The topological polar surface area (TPSA) is 81.6 Å². The Morgan fingerprint density at radius 2 is 1.94 bits per heavy atom. The molecule has 5 rings (SSSR count). The van der Waals surface area contributed by atoms with Gasteiger partial charge in [0.15, 0.2) is 11.5 Å². The monoisotopic (exact) mass is 474 g/mol. The lowest BCUT2D eigenvalue weighted by Gasteiger charge is -2.31. The van der Waals surface area contributed by atoms with E-state index in [9.17, 15) is 17.6 Å². The molecule has 34 heavy (non-hydrogen) atoms. The van der Waals surface area contributed by atoms with Crippen LogP contribution in [0.15, 0.2) is 42.6 Å². The third-order valence-corrected chi connectivity index (χ3v) is 6.12. The van der Waals surface area contributed by atoms with Gasteiger partial charge in [-0.3, -0.25) is 9.30 Å². The van der Waals surface area contributed by atoms with Crippen LogP contribution in [0, 0.1) is 5.82 Å². The van der Waals surface area contributed by atoms with E-state index in [0.717, 1.165) is 0 Å². The second kappa shape index (κ2) is 7.88. The van der Waals surface area contributed by atoms with Crippen molar-refractivity contribution in [3.63, 3.8) is 0 Å². The first-order chi connectivity index (χ1) is 16.1. The average molecular weight is 474 g/mol. The van der Waals surface area contributed by atoms with Crippen molar-refractivity contribution >= 4 is 16.6 Å². The van der Waals surface area contributed by atoms with Crippen molar-refractivity contribution in [2.75, 3.05) is 20.2 Å². The van der Waals surface area contributed by atoms with Crippen molar-refractivity contribution in [3.05, 3.63) is 54.0 Å². The number of rotatable bonds is 4. The Hall–Kier alpha value is -3.31. The SMILES string of the molecule is COc1cc(F)cc2ccc(-c3nnc4ccc([C@@H](N5CCC(C)(N)C5)C(F)(F)F)cn34)nc12. The van der Waals surface area contributed by atoms with Crippen molar-refractivity contribution in [1.29, 1.82) is 0 Å². The zero-order chi connectivity index (χ0) is 24.3. The molecule has 3 aromatic heterocycles. The third kappa shape index (κ3) is 3.94. The first kappa shape index (κ1) is 22.5. The number of aromatic nitrogens is 4. The molecule has 11 heteroatoms. The molecule has 178 valence electrons. The predicted octanol–water partition coefficient (Wildman–Crippen LogP) is 4.12. The minimum atomic E-state index is -4.50. The van der Waals surface area contributed by atoms with Crippen molar-refractivity contribution < 1.29 is 22.3 Å². The van der Waals surface area contributed by atoms with E-state index in [1.54, 1.807) is 19.1 Å². The van der Waals surface area contributed by atoms with Crippen LogP contribution in [0.25, 0.3) is 28.1 Å². The predicted molar refractivity (Wildman–Crippen MR) is 118 cm³/mol. The Labute approximate surface area is 192 Å². The van der Waals surface area contributed by atoms with E-state index < -0.39 is 23.6 Å². The van der Waals surface area contributed by atoms with Crippen molar-refractivity contribution in [2.24, 2.45) is 5.73 Å². The normalized spacial score (nSPS) is 20.3. The molecule has 4 heterocycles. The molecule has 2 N–H and O–H groups in total. The molecule has 1 unspecified atom stereocenters. The summed E-state index contributed by atoms with van der Waals surface area (Å²) in [7, 11) is 1.41. The molecule has 2 atom stereocenters. The average Bonchev–Trinajstić information content (AvgIpc) is 3.34. The number of alkyl halides is 3. The number of pyridine rings is 2. The van der Waals surface area contributed by atoms with E-state index in [4.69, 9.17) is 10.5 Å². The van der Waals surface area contributed by atoms with Crippen molar-refractivity contribution in [3.8, 4) is 17.3 Å². The number of nitrogens with two attached hydrogens (primary N) is 1. The molecule has 0 spiro atoms. The van der Waals surface area contributed by atoms with Crippen LogP contribution in [0.3, 0.4) is 0 Å². The summed E-state index contributed by atoms with van der Waals surface area (Å²) in [5.74, 6) is 0.0312. The van der Waals surface area contributed by atoms with Crippen LogP contribution < -0.4 is 10.5 Å². The summed E-state index contributed by atoms with van der Waals surface area (Å²) in [5.41, 5.74) is 6.62.